The number of pyridine rings is 1. The zero-order chi connectivity index (χ0) is 25.4. The maximum atomic E-state index is 13.9. The Morgan fingerprint density at radius 2 is 1.71 bits per heavy atom. The van der Waals surface area contributed by atoms with Crippen molar-refractivity contribution < 1.29 is 35.5 Å². The summed E-state index contributed by atoms with van der Waals surface area (Å²) in [6.07, 6.45) is -3.96. The van der Waals surface area contributed by atoms with Crippen molar-refractivity contribution in [3.63, 3.8) is 0 Å². The normalized spacial score (nSPS) is 11.9. The summed E-state index contributed by atoms with van der Waals surface area (Å²) in [5, 5.41) is 8.87. The zero-order valence-corrected chi connectivity index (χ0v) is 19.1. The lowest BCUT2D eigenvalue weighted by Crippen LogP contribution is -2.21. The molecule has 13 heteroatoms. The zero-order valence-electron chi connectivity index (χ0n) is 18.3. The second-order valence-corrected chi connectivity index (χ2v) is 9.44. The van der Waals surface area contributed by atoms with Crippen LogP contribution in [0.3, 0.4) is 0 Å². The molecule has 0 unspecified atom stereocenters. The molecule has 0 spiro atoms. The predicted octanol–water partition coefficient (Wildman–Crippen LogP) is 4.40. The van der Waals surface area contributed by atoms with Crippen LogP contribution in [0.2, 0.25) is 0 Å². The van der Waals surface area contributed by atoms with Gasteiger partial charge in [-0.25, -0.2) is 8.42 Å². The van der Waals surface area contributed by atoms with Gasteiger partial charge in [-0.05, 0) is 50.6 Å². The molecule has 3 rings (SSSR count). The van der Waals surface area contributed by atoms with E-state index in [0.29, 0.717) is 5.56 Å². The molecule has 2 aromatic heterocycles. The predicted molar refractivity (Wildman–Crippen MR) is 113 cm³/mol. The first kappa shape index (κ1) is 25.0. The number of benzene rings is 1. The number of amides is 1. The summed E-state index contributed by atoms with van der Waals surface area (Å²) in [5.41, 5.74) is -2.10. The quantitative estimate of drug-likeness (QED) is 0.410. The molecule has 0 radical (unpaired) electrons. The molecule has 1 aromatic carbocycles. The van der Waals surface area contributed by atoms with E-state index >= 15 is 0 Å². The van der Waals surface area contributed by atoms with Gasteiger partial charge in [-0.2, -0.15) is 22.5 Å². The third-order valence-electron chi connectivity index (χ3n) is 4.69. The van der Waals surface area contributed by atoms with Gasteiger partial charge < -0.3 is 10.1 Å². The van der Waals surface area contributed by atoms with Gasteiger partial charge in [-0.3, -0.25) is 4.79 Å². The molecule has 1 N–H and O–H groups in total. The van der Waals surface area contributed by atoms with Gasteiger partial charge in [0.1, 0.15) is 5.56 Å². The lowest BCUT2D eigenvalue weighted by atomic mass is 10.1. The molecular weight excluding hydrogens is 480 g/mol. The summed E-state index contributed by atoms with van der Waals surface area (Å²) in [4.78, 5) is 16.5. The van der Waals surface area contributed by atoms with E-state index < -0.39 is 50.6 Å². The fourth-order valence-electron chi connectivity index (χ4n) is 3.01. The number of rotatable bonds is 5. The molecule has 0 aliphatic rings. The summed E-state index contributed by atoms with van der Waals surface area (Å²) in [7, 11) is -3.61. The second kappa shape index (κ2) is 8.97. The molecule has 180 valence electrons. The Morgan fingerprint density at radius 3 is 2.32 bits per heavy atom. The molecule has 2 heterocycles. The summed E-state index contributed by atoms with van der Waals surface area (Å²) >= 11 is 0. The smallest absolute Gasteiger partial charge is 0.418 e. The lowest BCUT2D eigenvalue weighted by Gasteiger charge is -2.16. The number of carbonyl (C=O) groups excluding carboxylic acids is 1. The first-order valence-corrected chi connectivity index (χ1v) is 11.4. The second-order valence-electron chi connectivity index (χ2n) is 7.43. The fraction of sp³-hybridized carbons (Fsp3) is 0.238. The molecule has 0 aliphatic carbocycles. The van der Waals surface area contributed by atoms with Crippen molar-refractivity contribution in [1.29, 1.82) is 0 Å². The highest BCUT2D eigenvalue weighted by atomic mass is 32.2. The Balaban J connectivity index is 2.10. The van der Waals surface area contributed by atoms with Crippen LogP contribution in [0.1, 0.15) is 32.7 Å². The highest BCUT2D eigenvalue weighted by Gasteiger charge is 2.38. The van der Waals surface area contributed by atoms with Crippen LogP contribution >= 0.6 is 0 Å². The van der Waals surface area contributed by atoms with Gasteiger partial charge >= 0.3 is 6.18 Å². The molecule has 0 saturated carbocycles. The molecule has 0 atom stereocenters. The number of aryl methyl sites for hydroxylation is 2. The van der Waals surface area contributed by atoms with Gasteiger partial charge in [-0.15, -0.1) is 10.2 Å². The third kappa shape index (κ3) is 5.30. The Morgan fingerprint density at radius 1 is 1.03 bits per heavy atom. The average Bonchev–Trinajstić information content (AvgIpc) is 2.70. The van der Waals surface area contributed by atoms with E-state index in [2.05, 4.69) is 20.5 Å². The van der Waals surface area contributed by atoms with Crippen molar-refractivity contribution >= 4 is 21.4 Å². The Kier molecular flexibility index (Phi) is 6.60. The van der Waals surface area contributed by atoms with E-state index in [-0.39, 0.29) is 22.0 Å². The number of hydrogen-bond acceptors (Lipinski definition) is 7. The van der Waals surface area contributed by atoms with E-state index in [1.807, 2.05) is 0 Å². The summed E-state index contributed by atoms with van der Waals surface area (Å²) in [6.45, 7) is 3.99. The highest BCUT2D eigenvalue weighted by Crippen LogP contribution is 2.35. The van der Waals surface area contributed by atoms with Crippen molar-refractivity contribution in [1.82, 2.24) is 15.2 Å². The third-order valence-corrected chi connectivity index (χ3v) is 5.80. The van der Waals surface area contributed by atoms with Crippen LogP contribution in [0.25, 0.3) is 0 Å². The van der Waals surface area contributed by atoms with Gasteiger partial charge in [0, 0.05) is 23.1 Å². The monoisotopic (exact) mass is 498 g/mol. The van der Waals surface area contributed by atoms with Gasteiger partial charge in [-0.1, -0.05) is 6.07 Å². The maximum Gasteiger partial charge on any atom is 0.435 e. The Hall–Kier alpha value is -3.61. The van der Waals surface area contributed by atoms with Crippen LogP contribution < -0.4 is 10.1 Å². The van der Waals surface area contributed by atoms with Crippen LogP contribution in [0.5, 0.6) is 11.8 Å². The Bertz CT molecular complexity index is 1390. The molecular formula is C21H18F4N4O4S. The molecule has 0 fully saturated rings. The van der Waals surface area contributed by atoms with Crippen molar-refractivity contribution in [2.45, 2.75) is 31.8 Å². The van der Waals surface area contributed by atoms with Gasteiger partial charge in [0.05, 0.1) is 4.90 Å². The number of nitrogens with zero attached hydrogens (tertiary/aromatic N) is 3. The number of nitrogens with one attached hydrogen (secondary N) is 1. The van der Waals surface area contributed by atoms with Crippen LogP contribution in [-0.4, -0.2) is 35.8 Å². The van der Waals surface area contributed by atoms with E-state index in [9.17, 15) is 30.8 Å². The largest absolute Gasteiger partial charge is 0.435 e. The summed E-state index contributed by atoms with van der Waals surface area (Å²) in [5.74, 6) is -2.91. The standard InChI is InChI=1S/C21H18F4N4O4S/c1-10-8-11(2)19(27-17(10)22)33-20-15(12(3)16(28-29-20)21(23,24)25)18(30)26-13-6-5-7-14(9-13)34(4,31)32/h5-9H,1-4H3,(H,26,30). The van der Waals surface area contributed by atoms with Crippen molar-refractivity contribution in [2.24, 2.45) is 0 Å². The first-order chi connectivity index (χ1) is 15.7. The van der Waals surface area contributed by atoms with Crippen molar-refractivity contribution in [3.05, 3.63) is 64.2 Å². The van der Waals surface area contributed by atoms with Gasteiger partial charge in [0.25, 0.3) is 11.8 Å². The van der Waals surface area contributed by atoms with Gasteiger partial charge in [0.15, 0.2) is 15.5 Å². The molecule has 3 aromatic rings. The molecule has 0 bridgehead atoms. The number of aromatic nitrogens is 3. The Labute approximate surface area is 191 Å². The minimum Gasteiger partial charge on any atom is -0.418 e. The lowest BCUT2D eigenvalue weighted by molar-refractivity contribution is -0.142. The molecule has 8 nitrogen and oxygen atoms in total. The maximum absolute atomic E-state index is 13.9. The number of halogens is 4. The average molecular weight is 498 g/mol. The van der Waals surface area contributed by atoms with Gasteiger partial charge in [0.2, 0.25) is 11.8 Å². The van der Waals surface area contributed by atoms with Crippen LogP contribution in [-0.2, 0) is 16.0 Å². The summed E-state index contributed by atoms with van der Waals surface area (Å²) in [6, 6.07) is 6.54. The molecule has 34 heavy (non-hydrogen) atoms. The van der Waals surface area contributed by atoms with E-state index in [4.69, 9.17) is 4.74 Å². The highest BCUT2D eigenvalue weighted by molar-refractivity contribution is 7.90. The number of sulfone groups is 1. The molecule has 0 aliphatic heterocycles. The summed E-state index contributed by atoms with van der Waals surface area (Å²) < 4.78 is 83.2. The minimum atomic E-state index is -4.93. The number of anilines is 1. The van der Waals surface area contributed by atoms with E-state index in [1.165, 1.54) is 38.1 Å². The van der Waals surface area contributed by atoms with E-state index in [1.54, 1.807) is 0 Å². The van der Waals surface area contributed by atoms with Crippen molar-refractivity contribution in [2.75, 3.05) is 11.6 Å². The van der Waals surface area contributed by atoms with E-state index in [0.717, 1.165) is 19.2 Å². The van der Waals surface area contributed by atoms with Crippen molar-refractivity contribution in [3.8, 4) is 11.8 Å². The molecule has 1 amide bonds. The minimum absolute atomic E-state index is 0.000619. The topological polar surface area (TPSA) is 111 Å². The molecule has 0 saturated heterocycles. The SMILES string of the molecule is Cc1cc(C)c(Oc2nnc(C(F)(F)F)c(C)c2C(=O)Nc2cccc(S(C)(=O)=O)c2)nc1F. The van der Waals surface area contributed by atoms with Crippen LogP contribution in [0, 0.1) is 26.7 Å². The van der Waals surface area contributed by atoms with Crippen LogP contribution in [0.15, 0.2) is 35.2 Å². The number of alkyl halides is 3. The fourth-order valence-corrected chi connectivity index (χ4v) is 3.68. The number of hydrogen-bond donors (Lipinski definition) is 1. The first-order valence-electron chi connectivity index (χ1n) is 9.56. The van der Waals surface area contributed by atoms with Crippen LogP contribution in [0.4, 0.5) is 23.2 Å². The number of carbonyl (C=O) groups is 1. The number of ether oxygens (including phenoxy) is 1.